The van der Waals surface area contributed by atoms with Crippen molar-refractivity contribution >= 4 is 5.97 Å². The maximum Gasteiger partial charge on any atom is 0.307 e. The normalized spacial score (nSPS) is 9.23. The van der Waals surface area contributed by atoms with Gasteiger partial charge in [-0.25, -0.2) is 4.39 Å². The molecule has 1 N–H and O–H groups in total. The summed E-state index contributed by atoms with van der Waals surface area (Å²) in [5.41, 5.74) is 0.296. The Morgan fingerprint density at radius 3 is 2.85 bits per heavy atom. The predicted molar refractivity (Wildman–Crippen MR) is 42.5 cm³/mol. The smallest absolute Gasteiger partial charge is 0.307 e. The minimum Gasteiger partial charge on any atom is -0.481 e. The highest BCUT2D eigenvalue weighted by Gasteiger charge is 2.05. The molecular weight excluding hydrogens is 173 g/mol. The van der Waals surface area contributed by atoms with Gasteiger partial charge in [0.15, 0.2) is 0 Å². The molecule has 0 aliphatic heterocycles. The van der Waals surface area contributed by atoms with Crippen molar-refractivity contribution in [2.45, 2.75) is 6.42 Å². The van der Waals surface area contributed by atoms with Crippen LogP contribution in [0.3, 0.4) is 0 Å². The lowest BCUT2D eigenvalue weighted by molar-refractivity contribution is -0.136. The van der Waals surface area contributed by atoms with Gasteiger partial charge in [0.25, 0.3) is 0 Å². The first-order valence-corrected chi connectivity index (χ1v) is 3.54. The van der Waals surface area contributed by atoms with E-state index in [9.17, 15) is 9.18 Å². The molecule has 4 heteroatoms. The number of hydrogen-bond donors (Lipinski definition) is 1. The molecule has 0 aromatic heterocycles. The number of benzene rings is 1. The van der Waals surface area contributed by atoms with E-state index in [4.69, 9.17) is 10.4 Å². The topological polar surface area (TPSA) is 61.1 Å². The molecule has 0 saturated carbocycles. The van der Waals surface area contributed by atoms with Crippen LogP contribution in [0.4, 0.5) is 4.39 Å². The Balaban J connectivity index is 3.01. The SMILES string of the molecule is N#Cc1cc(CC(=O)O)ccc1F. The molecule has 0 heterocycles. The molecule has 0 atom stereocenters. The molecule has 1 rings (SSSR count). The van der Waals surface area contributed by atoms with Crippen molar-refractivity contribution in [3.05, 3.63) is 35.1 Å². The Bertz CT molecular complexity index is 382. The van der Waals surface area contributed by atoms with Crippen LogP contribution in [-0.4, -0.2) is 11.1 Å². The number of nitriles is 1. The molecule has 0 unspecified atom stereocenters. The average molecular weight is 179 g/mol. The van der Waals surface area contributed by atoms with E-state index in [0.717, 1.165) is 6.07 Å². The van der Waals surface area contributed by atoms with Crippen LogP contribution in [0, 0.1) is 17.1 Å². The number of aliphatic carboxylic acids is 1. The van der Waals surface area contributed by atoms with E-state index in [0.29, 0.717) is 5.56 Å². The first-order valence-electron chi connectivity index (χ1n) is 3.54. The minimum atomic E-state index is -1.00. The summed E-state index contributed by atoms with van der Waals surface area (Å²) in [7, 11) is 0. The van der Waals surface area contributed by atoms with E-state index < -0.39 is 11.8 Å². The number of rotatable bonds is 2. The zero-order valence-corrected chi connectivity index (χ0v) is 6.62. The van der Waals surface area contributed by atoms with E-state index >= 15 is 0 Å². The Morgan fingerprint density at radius 2 is 2.31 bits per heavy atom. The lowest BCUT2D eigenvalue weighted by Crippen LogP contribution is -2.00. The van der Waals surface area contributed by atoms with Crippen molar-refractivity contribution < 1.29 is 14.3 Å². The van der Waals surface area contributed by atoms with Crippen LogP contribution in [0.1, 0.15) is 11.1 Å². The highest BCUT2D eigenvalue weighted by Crippen LogP contribution is 2.09. The van der Waals surface area contributed by atoms with Gasteiger partial charge in [0.2, 0.25) is 0 Å². The van der Waals surface area contributed by atoms with Crippen LogP contribution in [0.25, 0.3) is 0 Å². The van der Waals surface area contributed by atoms with E-state index in [1.807, 2.05) is 0 Å². The number of halogens is 1. The Labute approximate surface area is 74.0 Å². The van der Waals surface area contributed by atoms with Crippen molar-refractivity contribution in [1.82, 2.24) is 0 Å². The molecule has 0 fully saturated rings. The van der Waals surface area contributed by atoms with Gasteiger partial charge in [-0.2, -0.15) is 5.26 Å². The molecular formula is C9H6FNO2. The van der Waals surface area contributed by atoms with Crippen molar-refractivity contribution in [3.63, 3.8) is 0 Å². The Morgan fingerprint density at radius 1 is 1.62 bits per heavy atom. The molecule has 0 radical (unpaired) electrons. The van der Waals surface area contributed by atoms with Crippen molar-refractivity contribution in [1.29, 1.82) is 5.26 Å². The van der Waals surface area contributed by atoms with Gasteiger partial charge >= 0.3 is 5.97 Å². The predicted octanol–water partition coefficient (Wildman–Crippen LogP) is 1.32. The third kappa shape index (κ3) is 2.27. The summed E-state index contributed by atoms with van der Waals surface area (Å²) in [6.07, 6.45) is -0.199. The summed E-state index contributed by atoms with van der Waals surface area (Å²) in [6.45, 7) is 0. The molecule has 1 aromatic carbocycles. The third-order valence-electron chi connectivity index (χ3n) is 1.51. The molecule has 0 amide bonds. The molecule has 1 aromatic rings. The Hall–Kier alpha value is -1.89. The first kappa shape index (κ1) is 9.20. The standard InChI is InChI=1S/C9H6FNO2/c10-8-2-1-6(4-9(12)13)3-7(8)5-11/h1-3H,4H2,(H,12,13). The van der Waals surface area contributed by atoms with Gasteiger partial charge in [-0.1, -0.05) is 6.07 Å². The van der Waals surface area contributed by atoms with Gasteiger partial charge in [-0.05, 0) is 17.7 Å². The van der Waals surface area contributed by atoms with Gasteiger partial charge in [0.1, 0.15) is 11.9 Å². The minimum absolute atomic E-state index is 0.126. The van der Waals surface area contributed by atoms with Crippen molar-refractivity contribution in [2.75, 3.05) is 0 Å². The second-order valence-corrected chi connectivity index (χ2v) is 2.50. The molecule has 0 aliphatic carbocycles. The molecule has 0 aliphatic rings. The van der Waals surface area contributed by atoms with Gasteiger partial charge in [-0.15, -0.1) is 0 Å². The van der Waals surface area contributed by atoms with Crippen LogP contribution in [-0.2, 0) is 11.2 Å². The molecule has 3 nitrogen and oxygen atoms in total. The number of carboxylic acid groups (broad SMARTS) is 1. The maximum atomic E-state index is 12.7. The highest BCUT2D eigenvalue weighted by atomic mass is 19.1. The number of hydrogen-bond acceptors (Lipinski definition) is 2. The molecule has 0 spiro atoms. The van der Waals surface area contributed by atoms with Gasteiger partial charge in [0, 0.05) is 0 Å². The fourth-order valence-corrected chi connectivity index (χ4v) is 0.943. The summed E-state index contributed by atoms with van der Waals surface area (Å²) in [4.78, 5) is 10.3. The van der Waals surface area contributed by atoms with E-state index in [1.165, 1.54) is 12.1 Å². The van der Waals surface area contributed by atoms with Gasteiger partial charge in [-0.3, -0.25) is 4.79 Å². The van der Waals surface area contributed by atoms with Crippen LogP contribution in [0.5, 0.6) is 0 Å². The van der Waals surface area contributed by atoms with Crippen LogP contribution < -0.4 is 0 Å². The monoisotopic (exact) mass is 179 g/mol. The fraction of sp³-hybridized carbons (Fsp3) is 0.111. The summed E-state index contributed by atoms with van der Waals surface area (Å²) in [5, 5.41) is 16.9. The second-order valence-electron chi connectivity index (χ2n) is 2.50. The zero-order valence-electron chi connectivity index (χ0n) is 6.62. The zero-order chi connectivity index (χ0) is 9.84. The molecule has 66 valence electrons. The van der Waals surface area contributed by atoms with Crippen molar-refractivity contribution in [2.24, 2.45) is 0 Å². The van der Waals surface area contributed by atoms with E-state index in [1.54, 1.807) is 6.07 Å². The summed E-state index contributed by atoms with van der Waals surface area (Å²) < 4.78 is 12.7. The second kappa shape index (κ2) is 3.68. The highest BCUT2D eigenvalue weighted by molar-refractivity contribution is 5.70. The summed E-state index contributed by atoms with van der Waals surface area (Å²) in [6, 6.07) is 5.33. The summed E-state index contributed by atoms with van der Waals surface area (Å²) in [5.74, 6) is -1.63. The first-order chi connectivity index (χ1) is 6.13. The number of nitrogens with zero attached hydrogens (tertiary/aromatic N) is 1. The van der Waals surface area contributed by atoms with E-state index in [-0.39, 0.29) is 12.0 Å². The lowest BCUT2D eigenvalue weighted by atomic mass is 10.1. The molecule has 13 heavy (non-hydrogen) atoms. The quantitative estimate of drug-likeness (QED) is 0.744. The number of carboxylic acids is 1. The van der Waals surface area contributed by atoms with Gasteiger partial charge < -0.3 is 5.11 Å². The summed E-state index contributed by atoms with van der Waals surface area (Å²) >= 11 is 0. The largest absolute Gasteiger partial charge is 0.481 e. The van der Waals surface area contributed by atoms with Crippen molar-refractivity contribution in [3.8, 4) is 6.07 Å². The third-order valence-corrected chi connectivity index (χ3v) is 1.51. The number of carbonyl (C=O) groups is 1. The fourth-order valence-electron chi connectivity index (χ4n) is 0.943. The van der Waals surface area contributed by atoms with Crippen LogP contribution in [0.15, 0.2) is 18.2 Å². The van der Waals surface area contributed by atoms with Gasteiger partial charge in [0.05, 0.1) is 12.0 Å². The molecule has 0 bridgehead atoms. The average Bonchev–Trinajstić information content (AvgIpc) is 2.07. The van der Waals surface area contributed by atoms with Crippen LogP contribution >= 0.6 is 0 Å². The molecule has 0 saturated heterocycles. The van der Waals surface area contributed by atoms with Crippen LogP contribution in [0.2, 0.25) is 0 Å². The van der Waals surface area contributed by atoms with E-state index in [2.05, 4.69) is 0 Å². The lowest BCUT2D eigenvalue weighted by Gasteiger charge is -1.97. The maximum absolute atomic E-state index is 12.7. The Kier molecular flexibility index (Phi) is 2.60.